The highest BCUT2D eigenvalue weighted by atomic mass is 79.9. The van der Waals surface area contributed by atoms with Crippen LogP contribution in [0.15, 0.2) is 22.7 Å². The van der Waals surface area contributed by atoms with E-state index in [2.05, 4.69) is 20.7 Å². The zero-order valence-corrected chi connectivity index (χ0v) is 13.2. The number of nitrogens with one attached hydrogen (secondary N) is 1. The highest BCUT2D eigenvalue weighted by Gasteiger charge is 2.17. The molecule has 1 aromatic carbocycles. The van der Waals surface area contributed by atoms with Crippen molar-refractivity contribution in [3.63, 3.8) is 0 Å². The Labute approximate surface area is 121 Å². The van der Waals surface area contributed by atoms with Crippen molar-refractivity contribution in [2.45, 2.75) is 6.42 Å². The van der Waals surface area contributed by atoms with Crippen molar-refractivity contribution in [3.8, 4) is 5.75 Å². The van der Waals surface area contributed by atoms with Crippen molar-refractivity contribution in [2.75, 3.05) is 32.0 Å². The van der Waals surface area contributed by atoms with Gasteiger partial charge < -0.3 is 9.84 Å². The number of ether oxygens (including phenoxy) is 1. The minimum atomic E-state index is -3.61. The number of rotatable bonds is 7. The molecule has 0 aliphatic rings. The van der Waals surface area contributed by atoms with Crippen LogP contribution in [0.4, 0.5) is 5.69 Å². The van der Waals surface area contributed by atoms with Crippen molar-refractivity contribution in [3.05, 3.63) is 22.7 Å². The van der Waals surface area contributed by atoms with Crippen molar-refractivity contribution in [2.24, 2.45) is 0 Å². The van der Waals surface area contributed by atoms with Crippen LogP contribution in [0.5, 0.6) is 5.75 Å². The molecule has 0 aromatic heterocycles. The Hall–Kier alpha value is -0.830. The molecule has 19 heavy (non-hydrogen) atoms. The third-order valence-corrected chi connectivity index (χ3v) is 4.56. The largest absolute Gasteiger partial charge is 0.496 e. The first-order valence-corrected chi connectivity index (χ1v) is 7.82. The Morgan fingerprint density at radius 2 is 2.16 bits per heavy atom. The zero-order valence-electron chi connectivity index (χ0n) is 10.8. The third-order valence-electron chi connectivity index (χ3n) is 2.44. The number of aliphatic hydroxyl groups is 1. The summed E-state index contributed by atoms with van der Waals surface area (Å²) in [6.07, 6.45) is 0.393. The molecule has 0 heterocycles. The predicted molar refractivity (Wildman–Crippen MR) is 77.6 cm³/mol. The van der Waals surface area contributed by atoms with E-state index in [1.807, 2.05) is 0 Å². The van der Waals surface area contributed by atoms with Gasteiger partial charge in [0.2, 0.25) is 0 Å². The standard InChI is InChI=1S/C11H17BrN2O4S/c1-14(6-3-7-15)19(16,17)13-9-4-5-11(18-2)10(12)8-9/h4-5,8,13,15H,3,6-7H2,1-2H3. The lowest BCUT2D eigenvalue weighted by molar-refractivity contribution is 0.276. The SMILES string of the molecule is COc1ccc(NS(=O)(=O)N(C)CCCO)cc1Br. The predicted octanol–water partition coefficient (Wildman–Crippen LogP) is 1.43. The van der Waals surface area contributed by atoms with Crippen molar-refractivity contribution >= 4 is 31.8 Å². The van der Waals surface area contributed by atoms with E-state index in [-0.39, 0.29) is 13.2 Å². The van der Waals surface area contributed by atoms with Gasteiger partial charge in [0.15, 0.2) is 0 Å². The molecule has 1 rings (SSSR count). The second-order valence-electron chi connectivity index (χ2n) is 3.86. The van der Waals surface area contributed by atoms with Crippen LogP contribution < -0.4 is 9.46 Å². The molecule has 2 N–H and O–H groups in total. The summed E-state index contributed by atoms with van der Waals surface area (Å²) in [6.45, 7) is 0.205. The van der Waals surface area contributed by atoms with Gasteiger partial charge in [0.25, 0.3) is 0 Å². The fraction of sp³-hybridized carbons (Fsp3) is 0.455. The average Bonchev–Trinajstić information content (AvgIpc) is 2.35. The van der Waals surface area contributed by atoms with E-state index in [1.165, 1.54) is 14.2 Å². The summed E-state index contributed by atoms with van der Waals surface area (Å²) in [5.74, 6) is 0.622. The quantitative estimate of drug-likeness (QED) is 0.777. The van der Waals surface area contributed by atoms with Gasteiger partial charge in [-0.15, -0.1) is 0 Å². The molecule has 6 nitrogen and oxygen atoms in total. The molecule has 0 amide bonds. The fourth-order valence-corrected chi connectivity index (χ4v) is 2.86. The molecule has 8 heteroatoms. The van der Waals surface area contributed by atoms with Gasteiger partial charge in [-0.1, -0.05) is 0 Å². The van der Waals surface area contributed by atoms with Gasteiger partial charge in [-0.3, -0.25) is 4.72 Å². The zero-order chi connectivity index (χ0) is 14.5. The summed E-state index contributed by atoms with van der Waals surface area (Å²) in [5.41, 5.74) is 0.434. The van der Waals surface area contributed by atoms with Crippen LogP contribution in [0.25, 0.3) is 0 Å². The van der Waals surface area contributed by atoms with E-state index in [0.29, 0.717) is 22.3 Å². The van der Waals surface area contributed by atoms with E-state index in [9.17, 15) is 8.42 Å². The summed E-state index contributed by atoms with van der Waals surface area (Å²) < 4.78 is 33.2. The Kier molecular flexibility index (Phi) is 6.05. The number of halogens is 1. The van der Waals surface area contributed by atoms with Gasteiger partial charge >= 0.3 is 10.2 Å². The molecule has 0 unspecified atom stereocenters. The van der Waals surface area contributed by atoms with Crippen molar-refractivity contribution < 1.29 is 18.3 Å². The van der Waals surface area contributed by atoms with Crippen molar-refractivity contribution in [1.29, 1.82) is 0 Å². The summed E-state index contributed by atoms with van der Waals surface area (Å²) in [4.78, 5) is 0. The van der Waals surface area contributed by atoms with Crippen LogP contribution >= 0.6 is 15.9 Å². The molecule has 0 saturated heterocycles. The molecule has 1 aromatic rings. The first-order chi connectivity index (χ1) is 8.90. The Morgan fingerprint density at radius 3 is 2.68 bits per heavy atom. The average molecular weight is 353 g/mol. The monoisotopic (exact) mass is 352 g/mol. The first kappa shape index (κ1) is 16.2. The van der Waals surface area contributed by atoms with Gasteiger partial charge in [-0.2, -0.15) is 12.7 Å². The van der Waals surface area contributed by atoms with Crippen LogP contribution in [0.1, 0.15) is 6.42 Å². The van der Waals surface area contributed by atoms with Crippen LogP contribution in [0.2, 0.25) is 0 Å². The molecule has 0 atom stereocenters. The van der Waals surface area contributed by atoms with E-state index < -0.39 is 10.2 Å². The number of benzene rings is 1. The molecule has 0 radical (unpaired) electrons. The Bertz CT molecular complexity index is 521. The fourth-order valence-electron chi connectivity index (χ4n) is 1.37. The number of hydrogen-bond donors (Lipinski definition) is 2. The van der Waals surface area contributed by atoms with E-state index >= 15 is 0 Å². The second kappa shape index (κ2) is 7.09. The number of hydrogen-bond acceptors (Lipinski definition) is 4. The van der Waals surface area contributed by atoms with Gasteiger partial charge in [-0.05, 0) is 40.5 Å². The molecular formula is C11H17BrN2O4S. The van der Waals surface area contributed by atoms with Gasteiger partial charge in [0, 0.05) is 20.2 Å². The lowest BCUT2D eigenvalue weighted by Crippen LogP contribution is -2.33. The van der Waals surface area contributed by atoms with E-state index in [1.54, 1.807) is 18.2 Å². The molecule has 0 saturated carbocycles. The first-order valence-electron chi connectivity index (χ1n) is 5.59. The molecular weight excluding hydrogens is 336 g/mol. The smallest absolute Gasteiger partial charge is 0.301 e. The Morgan fingerprint density at radius 1 is 1.47 bits per heavy atom. The molecule has 0 fully saturated rings. The third kappa shape index (κ3) is 4.64. The summed E-state index contributed by atoms with van der Waals surface area (Å²) >= 11 is 3.29. The summed E-state index contributed by atoms with van der Waals surface area (Å²) in [7, 11) is -0.622. The topological polar surface area (TPSA) is 78.9 Å². The summed E-state index contributed by atoms with van der Waals surface area (Å²) in [6, 6.07) is 4.90. The maximum absolute atomic E-state index is 12.0. The van der Waals surface area contributed by atoms with Gasteiger partial charge in [0.1, 0.15) is 5.75 Å². The maximum atomic E-state index is 12.0. The number of methoxy groups -OCH3 is 1. The molecule has 0 aliphatic heterocycles. The maximum Gasteiger partial charge on any atom is 0.301 e. The highest BCUT2D eigenvalue weighted by molar-refractivity contribution is 9.10. The normalized spacial score (nSPS) is 11.6. The van der Waals surface area contributed by atoms with Crippen LogP contribution in [0, 0.1) is 0 Å². The van der Waals surface area contributed by atoms with Crippen LogP contribution in [0.3, 0.4) is 0 Å². The number of nitrogens with zero attached hydrogens (tertiary/aromatic N) is 1. The van der Waals surface area contributed by atoms with Gasteiger partial charge in [0.05, 0.1) is 17.3 Å². The molecule has 0 aliphatic carbocycles. The van der Waals surface area contributed by atoms with Crippen molar-refractivity contribution in [1.82, 2.24) is 4.31 Å². The molecule has 0 bridgehead atoms. The minimum Gasteiger partial charge on any atom is -0.496 e. The van der Waals surface area contributed by atoms with Crippen LogP contribution in [-0.4, -0.2) is 45.1 Å². The molecule has 108 valence electrons. The van der Waals surface area contributed by atoms with E-state index in [4.69, 9.17) is 9.84 Å². The van der Waals surface area contributed by atoms with E-state index in [0.717, 1.165) is 4.31 Å². The minimum absolute atomic E-state index is 0.0477. The Balaban J connectivity index is 2.80. The summed E-state index contributed by atoms with van der Waals surface area (Å²) in [5, 5.41) is 8.70. The van der Waals surface area contributed by atoms with Gasteiger partial charge in [-0.25, -0.2) is 0 Å². The lowest BCUT2D eigenvalue weighted by atomic mass is 10.3. The number of aliphatic hydroxyl groups excluding tert-OH is 1. The second-order valence-corrected chi connectivity index (χ2v) is 6.49. The number of anilines is 1. The highest BCUT2D eigenvalue weighted by Crippen LogP contribution is 2.28. The van der Waals surface area contributed by atoms with Crippen LogP contribution in [-0.2, 0) is 10.2 Å². The molecule has 0 spiro atoms. The lowest BCUT2D eigenvalue weighted by Gasteiger charge is -2.18.